The van der Waals surface area contributed by atoms with Gasteiger partial charge in [0.1, 0.15) is 0 Å². The van der Waals surface area contributed by atoms with Crippen LogP contribution < -0.4 is 5.90 Å². The molecule has 15 heavy (non-hydrogen) atoms. The number of alkyl halides is 9. The van der Waals surface area contributed by atoms with Gasteiger partial charge >= 0.3 is 24.1 Å². The summed E-state index contributed by atoms with van der Waals surface area (Å²) in [4.78, 5) is 2.16. The minimum Gasteiger partial charge on any atom is -0.271 e. The van der Waals surface area contributed by atoms with E-state index < -0.39 is 24.1 Å². The van der Waals surface area contributed by atoms with E-state index in [1.165, 1.54) is 0 Å². The van der Waals surface area contributed by atoms with Gasteiger partial charge in [0.2, 0.25) is 0 Å². The van der Waals surface area contributed by atoms with Crippen molar-refractivity contribution in [2.45, 2.75) is 24.1 Å². The van der Waals surface area contributed by atoms with Gasteiger partial charge in [0.05, 0.1) is 0 Å². The summed E-state index contributed by atoms with van der Waals surface area (Å²) in [5.74, 6) is 3.51. The van der Waals surface area contributed by atoms with E-state index in [1.807, 2.05) is 0 Å². The summed E-state index contributed by atoms with van der Waals surface area (Å²) < 4.78 is 106. The third-order valence-corrected chi connectivity index (χ3v) is 1.37. The van der Waals surface area contributed by atoms with E-state index in [2.05, 4.69) is 10.7 Å². The quantitative estimate of drug-likeness (QED) is 0.573. The van der Waals surface area contributed by atoms with E-state index >= 15 is 0 Å². The lowest BCUT2D eigenvalue weighted by Crippen LogP contribution is -2.68. The van der Waals surface area contributed by atoms with Crippen molar-refractivity contribution < 1.29 is 44.4 Å². The lowest BCUT2D eigenvalue weighted by atomic mass is 10.0. The zero-order chi connectivity index (χ0) is 12.7. The maximum atomic E-state index is 11.7. The number of hydrogen-bond donors (Lipinski definition) is 1. The highest BCUT2D eigenvalue weighted by molar-refractivity contribution is 5.01. The summed E-state index contributed by atoms with van der Waals surface area (Å²) in [7, 11) is 0. The van der Waals surface area contributed by atoms with Crippen LogP contribution in [0.1, 0.15) is 0 Å². The van der Waals surface area contributed by atoms with Crippen molar-refractivity contribution in [3.8, 4) is 0 Å². The Morgan fingerprint density at radius 2 is 0.800 bits per heavy atom. The van der Waals surface area contributed by atoms with Crippen LogP contribution in [0, 0.1) is 0 Å². The van der Waals surface area contributed by atoms with Crippen LogP contribution >= 0.6 is 0 Å². The Hall–Kier alpha value is -0.710. The largest absolute Gasteiger partial charge is 0.437 e. The van der Waals surface area contributed by atoms with E-state index in [0.717, 1.165) is 0 Å². The SMILES string of the molecule is NOC(C(F)(F)F)(C(F)(F)F)C(F)(F)F. The van der Waals surface area contributed by atoms with Gasteiger partial charge in [-0.1, -0.05) is 0 Å². The maximum absolute atomic E-state index is 11.7. The molecule has 0 saturated heterocycles. The Bertz CT molecular complexity index is 188. The van der Waals surface area contributed by atoms with E-state index in [1.54, 1.807) is 0 Å². The van der Waals surface area contributed by atoms with E-state index in [-0.39, 0.29) is 0 Å². The van der Waals surface area contributed by atoms with Crippen LogP contribution in [0.15, 0.2) is 0 Å². The molecule has 0 atom stereocenters. The van der Waals surface area contributed by atoms with Crippen molar-refractivity contribution in [2.24, 2.45) is 5.90 Å². The minimum absolute atomic E-state index is 2.16. The fourth-order valence-corrected chi connectivity index (χ4v) is 0.683. The fraction of sp³-hybridized carbons (Fsp3) is 1.00. The van der Waals surface area contributed by atoms with Crippen molar-refractivity contribution in [3.63, 3.8) is 0 Å². The van der Waals surface area contributed by atoms with Gasteiger partial charge in [-0.3, -0.25) is 4.84 Å². The van der Waals surface area contributed by atoms with Gasteiger partial charge in [-0.05, 0) is 0 Å². The molecule has 2 N–H and O–H groups in total. The lowest BCUT2D eigenvalue weighted by Gasteiger charge is -2.35. The first-order chi connectivity index (χ1) is 6.31. The monoisotopic (exact) mass is 251 g/mol. The van der Waals surface area contributed by atoms with Crippen molar-refractivity contribution in [3.05, 3.63) is 0 Å². The summed E-state index contributed by atoms with van der Waals surface area (Å²) in [6, 6.07) is 0. The molecule has 0 aliphatic rings. The number of halogens is 9. The molecular weight excluding hydrogens is 249 g/mol. The minimum atomic E-state index is -6.77. The molecule has 0 radical (unpaired) electrons. The molecule has 0 fully saturated rings. The second kappa shape index (κ2) is 3.40. The van der Waals surface area contributed by atoms with Crippen LogP contribution in [0.2, 0.25) is 0 Å². The van der Waals surface area contributed by atoms with Gasteiger partial charge in [-0.15, -0.1) is 0 Å². The van der Waals surface area contributed by atoms with Gasteiger partial charge in [0.15, 0.2) is 0 Å². The second-order valence-corrected chi connectivity index (χ2v) is 2.29. The van der Waals surface area contributed by atoms with Crippen LogP contribution in [-0.4, -0.2) is 24.1 Å². The third-order valence-electron chi connectivity index (χ3n) is 1.37. The molecule has 0 aromatic rings. The van der Waals surface area contributed by atoms with Crippen LogP contribution in [0.5, 0.6) is 0 Å². The van der Waals surface area contributed by atoms with Crippen molar-refractivity contribution in [2.75, 3.05) is 0 Å². The van der Waals surface area contributed by atoms with Crippen LogP contribution in [0.3, 0.4) is 0 Å². The van der Waals surface area contributed by atoms with Gasteiger partial charge in [0.25, 0.3) is 0 Å². The summed E-state index contributed by atoms with van der Waals surface area (Å²) in [5.41, 5.74) is -6.37. The molecule has 0 heterocycles. The summed E-state index contributed by atoms with van der Waals surface area (Å²) in [5, 5.41) is 0. The Kier molecular flexibility index (Phi) is 3.24. The molecule has 11 heteroatoms. The molecule has 2 nitrogen and oxygen atoms in total. The normalized spacial score (nSPS) is 15.6. The Balaban J connectivity index is 5.78. The smallest absolute Gasteiger partial charge is 0.271 e. The molecule has 0 spiro atoms. The van der Waals surface area contributed by atoms with Gasteiger partial charge < -0.3 is 0 Å². The summed E-state index contributed by atoms with van der Waals surface area (Å²) in [6.45, 7) is 0. The number of rotatable bonds is 1. The van der Waals surface area contributed by atoms with E-state index in [9.17, 15) is 39.5 Å². The average Bonchev–Trinajstić information content (AvgIpc) is 1.76. The topological polar surface area (TPSA) is 35.2 Å². The predicted octanol–water partition coefficient (Wildman–Crippen LogP) is 2.30. The molecule has 0 unspecified atom stereocenters. The predicted molar refractivity (Wildman–Crippen MR) is 26.2 cm³/mol. The molecule has 0 aliphatic heterocycles. The standard InChI is InChI=1S/C4H2F9NO/c5-2(6,7)1(15-14,3(8,9)10)4(11,12)13/h14H2. The molecule has 0 aromatic heterocycles. The first-order valence-electron chi connectivity index (χ1n) is 2.89. The highest BCUT2D eigenvalue weighted by Crippen LogP contribution is 2.53. The van der Waals surface area contributed by atoms with Crippen LogP contribution in [0.4, 0.5) is 39.5 Å². The molecule has 0 amide bonds. The van der Waals surface area contributed by atoms with Crippen molar-refractivity contribution in [1.29, 1.82) is 0 Å². The van der Waals surface area contributed by atoms with Crippen LogP contribution in [-0.2, 0) is 4.84 Å². The summed E-state index contributed by atoms with van der Waals surface area (Å²) >= 11 is 0. The van der Waals surface area contributed by atoms with Crippen molar-refractivity contribution in [1.82, 2.24) is 0 Å². The van der Waals surface area contributed by atoms with Gasteiger partial charge in [-0.2, -0.15) is 39.5 Å². The first kappa shape index (κ1) is 14.3. The molecule has 0 aliphatic carbocycles. The molecule has 0 bridgehead atoms. The Morgan fingerprint density at radius 1 is 0.600 bits per heavy atom. The van der Waals surface area contributed by atoms with E-state index in [0.29, 0.717) is 0 Å². The third kappa shape index (κ3) is 1.97. The Labute approximate surface area is 75.7 Å². The fourth-order valence-electron chi connectivity index (χ4n) is 0.683. The first-order valence-corrected chi connectivity index (χ1v) is 2.89. The second-order valence-electron chi connectivity index (χ2n) is 2.29. The molecule has 0 saturated carbocycles. The molecule has 0 aromatic carbocycles. The molecule has 92 valence electrons. The highest BCUT2D eigenvalue weighted by Gasteiger charge is 2.86. The van der Waals surface area contributed by atoms with E-state index in [4.69, 9.17) is 0 Å². The van der Waals surface area contributed by atoms with Gasteiger partial charge in [0, 0.05) is 0 Å². The number of hydrogen-bond acceptors (Lipinski definition) is 2. The molecular formula is C4H2F9NO. The highest BCUT2D eigenvalue weighted by atomic mass is 19.4. The number of nitrogens with two attached hydrogens (primary N) is 1. The zero-order valence-corrected chi connectivity index (χ0v) is 6.39. The Morgan fingerprint density at radius 3 is 0.800 bits per heavy atom. The van der Waals surface area contributed by atoms with Crippen LogP contribution in [0.25, 0.3) is 0 Å². The van der Waals surface area contributed by atoms with Gasteiger partial charge in [-0.25, -0.2) is 5.90 Å². The average molecular weight is 251 g/mol. The summed E-state index contributed by atoms with van der Waals surface area (Å²) in [6.07, 6.45) is -20.3. The zero-order valence-electron chi connectivity index (χ0n) is 6.39. The van der Waals surface area contributed by atoms with Crippen molar-refractivity contribution >= 4 is 0 Å². The maximum Gasteiger partial charge on any atom is 0.437 e. The molecule has 0 rings (SSSR count). The lowest BCUT2D eigenvalue weighted by molar-refractivity contribution is -0.459.